The quantitative estimate of drug-likeness (QED) is 0.715. The normalized spacial score (nSPS) is 24.4. The Labute approximate surface area is 121 Å². The molecule has 0 bridgehead atoms. The van der Waals surface area contributed by atoms with Crippen LogP contribution in [0.15, 0.2) is 12.1 Å². The summed E-state index contributed by atoms with van der Waals surface area (Å²) in [6.07, 6.45) is 3.15. The van der Waals surface area contributed by atoms with Crippen molar-refractivity contribution in [2.75, 3.05) is 0 Å². The molecule has 0 N–H and O–H groups in total. The van der Waals surface area contributed by atoms with Crippen LogP contribution in [-0.2, 0) is 0 Å². The molecule has 3 rings (SSSR count). The lowest BCUT2D eigenvalue weighted by atomic mass is 10.1. The van der Waals surface area contributed by atoms with E-state index in [9.17, 15) is 8.78 Å². The monoisotopic (exact) mass is 298 g/mol. The molecule has 20 heavy (non-hydrogen) atoms. The maximum atomic E-state index is 14.2. The zero-order valence-electron chi connectivity index (χ0n) is 11.5. The van der Waals surface area contributed by atoms with Crippen LogP contribution >= 0.6 is 11.6 Å². The van der Waals surface area contributed by atoms with Crippen molar-refractivity contribution in [2.24, 2.45) is 5.92 Å². The Morgan fingerprint density at radius 1 is 1.35 bits per heavy atom. The van der Waals surface area contributed by atoms with Crippen LogP contribution in [0.25, 0.3) is 11.0 Å². The Balaban J connectivity index is 2.30. The highest BCUT2D eigenvalue weighted by Crippen LogP contribution is 2.40. The summed E-state index contributed by atoms with van der Waals surface area (Å²) in [5, 5.41) is -0.335. The van der Waals surface area contributed by atoms with Gasteiger partial charge in [0.2, 0.25) is 0 Å². The number of rotatable bonds is 2. The highest BCUT2D eigenvalue weighted by Gasteiger charge is 2.31. The van der Waals surface area contributed by atoms with Gasteiger partial charge in [0.25, 0.3) is 0 Å². The Morgan fingerprint density at radius 2 is 2.10 bits per heavy atom. The van der Waals surface area contributed by atoms with E-state index >= 15 is 0 Å². The number of imidazole rings is 1. The first kappa shape index (κ1) is 13.8. The maximum absolute atomic E-state index is 14.2. The van der Waals surface area contributed by atoms with Crippen molar-refractivity contribution in [3.63, 3.8) is 0 Å². The molecule has 0 saturated heterocycles. The van der Waals surface area contributed by atoms with Crippen LogP contribution in [0.4, 0.5) is 8.78 Å². The first-order valence-electron chi connectivity index (χ1n) is 7.00. The molecule has 5 heteroatoms. The van der Waals surface area contributed by atoms with E-state index in [0.29, 0.717) is 17.3 Å². The van der Waals surface area contributed by atoms with Crippen molar-refractivity contribution in [2.45, 2.75) is 44.5 Å². The maximum Gasteiger partial charge on any atom is 0.184 e. The number of nitrogens with zero attached hydrogens (tertiary/aromatic N) is 2. The number of aromatic nitrogens is 2. The van der Waals surface area contributed by atoms with Gasteiger partial charge in [0.1, 0.15) is 11.3 Å². The van der Waals surface area contributed by atoms with Crippen LogP contribution in [0.5, 0.6) is 0 Å². The van der Waals surface area contributed by atoms with E-state index < -0.39 is 11.6 Å². The smallest absolute Gasteiger partial charge is 0.184 e. The van der Waals surface area contributed by atoms with E-state index in [2.05, 4.69) is 11.9 Å². The summed E-state index contributed by atoms with van der Waals surface area (Å²) in [5.41, 5.74) is 0.733. The molecule has 1 aliphatic rings. The van der Waals surface area contributed by atoms with Crippen molar-refractivity contribution >= 4 is 22.6 Å². The summed E-state index contributed by atoms with van der Waals surface area (Å²) in [6.45, 7) is 3.95. The number of fused-ring (bicyclic) bond motifs is 1. The third-order valence-electron chi connectivity index (χ3n) is 4.27. The van der Waals surface area contributed by atoms with Crippen LogP contribution < -0.4 is 0 Å². The molecule has 1 heterocycles. The Morgan fingerprint density at radius 3 is 2.70 bits per heavy atom. The van der Waals surface area contributed by atoms with E-state index in [1.54, 1.807) is 0 Å². The summed E-state index contributed by atoms with van der Waals surface area (Å²) < 4.78 is 29.6. The van der Waals surface area contributed by atoms with Crippen LogP contribution in [0.3, 0.4) is 0 Å². The summed E-state index contributed by atoms with van der Waals surface area (Å²) in [7, 11) is 0. The average molecular weight is 299 g/mol. The molecule has 0 spiro atoms. The second kappa shape index (κ2) is 4.99. The minimum Gasteiger partial charge on any atom is -0.321 e. The van der Waals surface area contributed by atoms with Gasteiger partial charge in [-0.15, -0.1) is 11.6 Å². The largest absolute Gasteiger partial charge is 0.321 e. The fourth-order valence-electron chi connectivity index (χ4n) is 3.27. The molecule has 2 nitrogen and oxygen atoms in total. The van der Waals surface area contributed by atoms with Crippen LogP contribution in [0.1, 0.15) is 50.4 Å². The molecule has 1 fully saturated rings. The first-order valence-corrected chi connectivity index (χ1v) is 7.44. The minimum absolute atomic E-state index is 0.146. The molecule has 1 aromatic heterocycles. The van der Waals surface area contributed by atoms with Crippen molar-refractivity contribution in [3.05, 3.63) is 29.6 Å². The van der Waals surface area contributed by atoms with Crippen molar-refractivity contribution in [3.8, 4) is 0 Å². The SMILES string of the molecule is CC(Cl)c1nc2ccc(F)c(F)c2n1C1CCCC1C. The molecular weight excluding hydrogens is 282 g/mol. The third-order valence-corrected chi connectivity index (χ3v) is 4.47. The summed E-state index contributed by atoms with van der Waals surface area (Å²) >= 11 is 6.20. The van der Waals surface area contributed by atoms with E-state index in [1.807, 2.05) is 11.5 Å². The van der Waals surface area contributed by atoms with Gasteiger partial charge in [-0.05, 0) is 37.8 Å². The number of benzene rings is 1. The van der Waals surface area contributed by atoms with Crippen molar-refractivity contribution in [1.82, 2.24) is 9.55 Å². The summed E-state index contributed by atoms with van der Waals surface area (Å²) in [6, 6.07) is 2.79. The van der Waals surface area contributed by atoms with Gasteiger partial charge in [0.15, 0.2) is 11.6 Å². The Bertz CT molecular complexity index is 651. The van der Waals surface area contributed by atoms with Crippen molar-refractivity contribution < 1.29 is 8.78 Å². The highest BCUT2D eigenvalue weighted by molar-refractivity contribution is 6.20. The van der Waals surface area contributed by atoms with E-state index in [-0.39, 0.29) is 16.9 Å². The topological polar surface area (TPSA) is 17.8 Å². The second-order valence-electron chi connectivity index (χ2n) is 5.66. The molecule has 108 valence electrons. The molecule has 0 radical (unpaired) electrons. The third kappa shape index (κ3) is 2.01. The van der Waals surface area contributed by atoms with Crippen LogP contribution in [0, 0.1) is 17.6 Å². The molecule has 1 aromatic carbocycles. The molecular formula is C15H17ClF2N2. The number of hydrogen-bond donors (Lipinski definition) is 0. The Kier molecular flexibility index (Phi) is 3.44. The van der Waals surface area contributed by atoms with Gasteiger partial charge >= 0.3 is 0 Å². The fraction of sp³-hybridized carbons (Fsp3) is 0.533. The summed E-state index contributed by atoms with van der Waals surface area (Å²) in [4.78, 5) is 4.42. The predicted octanol–water partition coefficient (Wildman–Crippen LogP) is 4.98. The molecule has 2 aromatic rings. The average Bonchev–Trinajstić information content (AvgIpc) is 2.97. The van der Waals surface area contributed by atoms with Gasteiger partial charge in [-0.1, -0.05) is 13.3 Å². The van der Waals surface area contributed by atoms with E-state index in [0.717, 1.165) is 25.3 Å². The number of halogens is 3. The summed E-state index contributed by atoms with van der Waals surface area (Å²) in [5.74, 6) is -0.607. The zero-order valence-corrected chi connectivity index (χ0v) is 12.3. The standard InChI is InChI=1S/C15H17ClF2N2/c1-8-4-3-5-12(8)20-14-11(19-15(20)9(2)16)7-6-10(17)13(14)18/h6-9,12H,3-5H2,1-2H3. The molecule has 3 unspecified atom stereocenters. The van der Waals surface area contributed by atoms with Gasteiger partial charge in [-0.3, -0.25) is 0 Å². The van der Waals surface area contributed by atoms with Crippen LogP contribution in [0.2, 0.25) is 0 Å². The predicted molar refractivity (Wildman–Crippen MR) is 76.0 cm³/mol. The lowest BCUT2D eigenvalue weighted by molar-refractivity contribution is 0.399. The molecule has 3 atom stereocenters. The van der Waals surface area contributed by atoms with Gasteiger partial charge in [-0.25, -0.2) is 13.8 Å². The first-order chi connectivity index (χ1) is 9.50. The lowest BCUT2D eigenvalue weighted by Gasteiger charge is -2.22. The molecule has 0 amide bonds. The fourth-order valence-corrected chi connectivity index (χ4v) is 3.42. The van der Waals surface area contributed by atoms with Gasteiger partial charge in [0, 0.05) is 6.04 Å². The number of alkyl halides is 1. The van der Waals surface area contributed by atoms with Gasteiger partial charge < -0.3 is 4.57 Å². The Hall–Kier alpha value is -1.16. The lowest BCUT2D eigenvalue weighted by Crippen LogP contribution is -2.16. The number of hydrogen-bond acceptors (Lipinski definition) is 1. The molecule has 0 aliphatic heterocycles. The molecule has 1 aliphatic carbocycles. The van der Waals surface area contributed by atoms with Gasteiger partial charge in [-0.2, -0.15) is 0 Å². The van der Waals surface area contributed by atoms with Gasteiger partial charge in [0.05, 0.1) is 10.9 Å². The highest BCUT2D eigenvalue weighted by atomic mass is 35.5. The van der Waals surface area contributed by atoms with Crippen LogP contribution in [-0.4, -0.2) is 9.55 Å². The second-order valence-corrected chi connectivity index (χ2v) is 6.32. The molecule has 1 saturated carbocycles. The minimum atomic E-state index is -0.835. The van der Waals surface area contributed by atoms with Crippen molar-refractivity contribution in [1.29, 1.82) is 0 Å². The van der Waals surface area contributed by atoms with E-state index in [4.69, 9.17) is 11.6 Å². The zero-order chi connectivity index (χ0) is 14.4. The van der Waals surface area contributed by atoms with E-state index in [1.165, 1.54) is 6.07 Å².